The number of nitrogens with zero attached hydrogens (tertiary/aromatic N) is 2. The van der Waals surface area contributed by atoms with E-state index in [-0.39, 0.29) is 12.5 Å². The van der Waals surface area contributed by atoms with Crippen LogP contribution in [-0.4, -0.2) is 17.0 Å². The first kappa shape index (κ1) is 19.5. The second kappa shape index (κ2) is 8.59. The predicted molar refractivity (Wildman–Crippen MR) is 108 cm³/mol. The number of carbonyl (C=O) groups excluding carboxylic acids is 1. The molecule has 0 N–H and O–H groups in total. The number of anilines is 1. The van der Waals surface area contributed by atoms with Gasteiger partial charge in [-0.3, -0.25) is 9.69 Å². The minimum absolute atomic E-state index is 0.228. The van der Waals surface area contributed by atoms with Crippen molar-refractivity contribution in [1.29, 1.82) is 0 Å². The van der Waals surface area contributed by atoms with Crippen LogP contribution in [-0.2, 0) is 11.3 Å². The predicted octanol–water partition coefficient (Wildman–Crippen LogP) is 5.40. The van der Waals surface area contributed by atoms with Crippen molar-refractivity contribution in [1.82, 2.24) is 4.98 Å². The first-order chi connectivity index (χ1) is 12.9. The van der Waals surface area contributed by atoms with Crippen molar-refractivity contribution in [2.75, 3.05) is 4.90 Å². The van der Waals surface area contributed by atoms with Gasteiger partial charge in [-0.1, -0.05) is 17.7 Å². The molecule has 0 spiro atoms. The quantitative estimate of drug-likeness (QED) is 0.505. The second-order valence-electron chi connectivity index (χ2n) is 5.99. The molecule has 2 aromatic heterocycles. The molecule has 140 valence electrons. The highest BCUT2D eigenvalue weighted by Gasteiger charge is 2.25. The average Bonchev–Trinajstić information content (AvgIpc) is 3.08. The summed E-state index contributed by atoms with van der Waals surface area (Å²) < 4.78 is 12.0. The van der Waals surface area contributed by atoms with Crippen LogP contribution in [0.4, 0.5) is 5.82 Å². The molecule has 7 heteroatoms. The Balaban J connectivity index is 1.81. The van der Waals surface area contributed by atoms with Gasteiger partial charge in [-0.05, 0) is 77.8 Å². The third-order valence-corrected chi connectivity index (χ3v) is 4.77. The van der Waals surface area contributed by atoms with Crippen LogP contribution in [0.3, 0.4) is 0 Å². The van der Waals surface area contributed by atoms with E-state index in [1.165, 1.54) is 0 Å². The molecule has 5 nitrogen and oxygen atoms in total. The van der Waals surface area contributed by atoms with E-state index >= 15 is 0 Å². The number of aryl methyl sites for hydroxylation is 1. The summed E-state index contributed by atoms with van der Waals surface area (Å²) in [6.45, 7) is 3.84. The minimum atomic E-state index is -0.717. The summed E-state index contributed by atoms with van der Waals surface area (Å²) in [6, 6.07) is 14.3. The van der Waals surface area contributed by atoms with Gasteiger partial charge < -0.3 is 9.15 Å². The molecule has 2 heterocycles. The van der Waals surface area contributed by atoms with Crippen molar-refractivity contribution in [2.45, 2.75) is 26.5 Å². The van der Waals surface area contributed by atoms with Gasteiger partial charge in [0, 0.05) is 11.2 Å². The molecule has 27 heavy (non-hydrogen) atoms. The van der Waals surface area contributed by atoms with Gasteiger partial charge in [0.15, 0.2) is 10.8 Å². The standard InChI is InChI=1S/C20H18BrClN2O3/c1-13-11-15(6-8-17(13)22)26-14(2)20(25)24(19-5-3-4-10-23-19)12-16-7-9-18(21)27-16/h3-11,14H,12H2,1-2H3. The maximum absolute atomic E-state index is 13.1. The summed E-state index contributed by atoms with van der Waals surface area (Å²) >= 11 is 9.33. The molecule has 3 aromatic rings. The number of ether oxygens (including phenoxy) is 1. The number of rotatable bonds is 6. The van der Waals surface area contributed by atoms with Gasteiger partial charge in [0.05, 0.1) is 6.54 Å². The Morgan fingerprint density at radius 2 is 2.11 bits per heavy atom. The smallest absolute Gasteiger partial charge is 0.269 e. The Bertz CT molecular complexity index is 930. The molecule has 1 amide bonds. The fourth-order valence-corrected chi connectivity index (χ4v) is 3.00. The Morgan fingerprint density at radius 3 is 2.74 bits per heavy atom. The van der Waals surface area contributed by atoms with E-state index in [1.807, 2.05) is 13.0 Å². The molecule has 0 saturated heterocycles. The fourth-order valence-electron chi connectivity index (χ4n) is 2.54. The first-order valence-electron chi connectivity index (χ1n) is 8.33. The van der Waals surface area contributed by atoms with Crippen LogP contribution in [0.5, 0.6) is 5.75 Å². The number of hydrogen-bond donors (Lipinski definition) is 0. The molecule has 3 rings (SSSR count). The van der Waals surface area contributed by atoms with Crippen molar-refractivity contribution in [2.24, 2.45) is 0 Å². The zero-order chi connectivity index (χ0) is 19.4. The zero-order valence-corrected chi connectivity index (χ0v) is 17.2. The summed E-state index contributed by atoms with van der Waals surface area (Å²) in [7, 11) is 0. The maximum atomic E-state index is 13.1. The lowest BCUT2D eigenvalue weighted by Gasteiger charge is -2.24. The molecule has 1 aromatic carbocycles. The van der Waals surface area contributed by atoms with E-state index in [0.29, 0.717) is 27.0 Å². The number of hydrogen-bond acceptors (Lipinski definition) is 4. The maximum Gasteiger partial charge on any atom is 0.269 e. The summed E-state index contributed by atoms with van der Waals surface area (Å²) in [5.74, 6) is 1.52. The van der Waals surface area contributed by atoms with E-state index in [1.54, 1.807) is 60.5 Å². The SMILES string of the molecule is Cc1cc(OC(C)C(=O)N(Cc2ccc(Br)o2)c2ccccn2)ccc1Cl. The van der Waals surface area contributed by atoms with Crippen LogP contribution in [0.1, 0.15) is 18.2 Å². The van der Waals surface area contributed by atoms with E-state index < -0.39 is 6.10 Å². The van der Waals surface area contributed by atoms with Gasteiger partial charge in [-0.25, -0.2) is 4.98 Å². The van der Waals surface area contributed by atoms with Gasteiger partial charge in [-0.2, -0.15) is 0 Å². The van der Waals surface area contributed by atoms with Crippen molar-refractivity contribution in [3.05, 3.63) is 75.7 Å². The van der Waals surface area contributed by atoms with Crippen LogP contribution in [0.15, 0.2) is 63.8 Å². The number of amides is 1. The monoisotopic (exact) mass is 448 g/mol. The normalized spacial score (nSPS) is 11.9. The number of furan rings is 1. The van der Waals surface area contributed by atoms with Gasteiger partial charge in [0.2, 0.25) is 0 Å². The Hall–Kier alpha value is -2.31. The molecule has 1 atom stereocenters. The van der Waals surface area contributed by atoms with E-state index in [9.17, 15) is 4.79 Å². The summed E-state index contributed by atoms with van der Waals surface area (Å²) in [5.41, 5.74) is 0.885. The Morgan fingerprint density at radius 1 is 1.30 bits per heavy atom. The molecule has 0 bridgehead atoms. The molecule has 0 radical (unpaired) electrons. The van der Waals surface area contributed by atoms with Gasteiger partial charge in [-0.15, -0.1) is 0 Å². The molecule has 0 aliphatic carbocycles. The molecule has 0 aliphatic rings. The molecule has 0 aliphatic heterocycles. The lowest BCUT2D eigenvalue weighted by molar-refractivity contribution is -0.124. The molecular weight excluding hydrogens is 432 g/mol. The van der Waals surface area contributed by atoms with E-state index in [2.05, 4.69) is 20.9 Å². The Labute approximate surface area is 171 Å². The lowest BCUT2D eigenvalue weighted by Crippen LogP contribution is -2.40. The minimum Gasteiger partial charge on any atom is -0.481 e. The second-order valence-corrected chi connectivity index (χ2v) is 7.18. The highest BCUT2D eigenvalue weighted by atomic mass is 79.9. The van der Waals surface area contributed by atoms with Crippen molar-refractivity contribution < 1.29 is 13.9 Å². The number of aromatic nitrogens is 1. The number of benzene rings is 1. The van der Waals surface area contributed by atoms with Crippen molar-refractivity contribution in [3.63, 3.8) is 0 Å². The number of halogens is 2. The van der Waals surface area contributed by atoms with Crippen LogP contribution in [0, 0.1) is 6.92 Å². The van der Waals surface area contributed by atoms with E-state index in [4.69, 9.17) is 20.8 Å². The molecule has 0 saturated carbocycles. The molecule has 0 fully saturated rings. The lowest BCUT2D eigenvalue weighted by atomic mass is 10.2. The number of carbonyl (C=O) groups is 1. The third kappa shape index (κ3) is 4.90. The largest absolute Gasteiger partial charge is 0.481 e. The third-order valence-electron chi connectivity index (χ3n) is 3.92. The fraction of sp³-hybridized carbons (Fsp3) is 0.200. The van der Waals surface area contributed by atoms with Gasteiger partial charge >= 0.3 is 0 Å². The Kier molecular flexibility index (Phi) is 6.19. The van der Waals surface area contributed by atoms with Crippen LogP contribution >= 0.6 is 27.5 Å². The summed E-state index contributed by atoms with van der Waals surface area (Å²) in [6.07, 6.45) is 0.924. The number of pyridine rings is 1. The average molecular weight is 450 g/mol. The van der Waals surface area contributed by atoms with E-state index in [0.717, 1.165) is 5.56 Å². The summed E-state index contributed by atoms with van der Waals surface area (Å²) in [5, 5.41) is 0.653. The summed E-state index contributed by atoms with van der Waals surface area (Å²) in [4.78, 5) is 18.9. The van der Waals surface area contributed by atoms with Crippen LogP contribution in [0.2, 0.25) is 5.02 Å². The van der Waals surface area contributed by atoms with Gasteiger partial charge in [0.1, 0.15) is 17.3 Å². The van der Waals surface area contributed by atoms with Crippen molar-refractivity contribution >= 4 is 39.3 Å². The molecular formula is C20H18BrClN2O3. The zero-order valence-electron chi connectivity index (χ0n) is 14.9. The highest BCUT2D eigenvalue weighted by Crippen LogP contribution is 2.24. The van der Waals surface area contributed by atoms with Crippen LogP contribution in [0.25, 0.3) is 0 Å². The first-order valence-corrected chi connectivity index (χ1v) is 9.50. The van der Waals surface area contributed by atoms with Crippen molar-refractivity contribution in [3.8, 4) is 5.75 Å². The topological polar surface area (TPSA) is 55.6 Å². The highest BCUT2D eigenvalue weighted by molar-refractivity contribution is 9.10. The molecule has 1 unspecified atom stereocenters. The van der Waals surface area contributed by atoms with Gasteiger partial charge in [0.25, 0.3) is 5.91 Å². The van der Waals surface area contributed by atoms with Crippen LogP contribution < -0.4 is 9.64 Å².